The fourth-order valence-electron chi connectivity index (χ4n) is 1.42. The lowest BCUT2D eigenvalue weighted by molar-refractivity contribution is -0.136. The van der Waals surface area contributed by atoms with Crippen LogP contribution >= 0.6 is 23.1 Å². The highest BCUT2D eigenvalue weighted by atomic mass is 32.2. The molecule has 1 aromatic rings. The van der Waals surface area contributed by atoms with E-state index in [1.807, 2.05) is 20.8 Å². The number of carboxylic acids is 1. The number of carbonyl (C=O) groups is 1. The minimum Gasteiger partial charge on any atom is -0.481 e. The van der Waals surface area contributed by atoms with Crippen molar-refractivity contribution in [2.24, 2.45) is 0 Å². The number of hydrogen-bond acceptors (Lipinski definition) is 6. The van der Waals surface area contributed by atoms with E-state index in [4.69, 9.17) is 14.6 Å². The summed E-state index contributed by atoms with van der Waals surface area (Å²) >= 11 is 2.96. The van der Waals surface area contributed by atoms with E-state index in [9.17, 15) is 4.79 Å². The Morgan fingerprint density at radius 3 is 2.58 bits per heavy atom. The first-order valence-corrected chi connectivity index (χ1v) is 7.91. The van der Waals surface area contributed by atoms with Crippen molar-refractivity contribution in [1.29, 1.82) is 0 Å². The van der Waals surface area contributed by atoms with Crippen molar-refractivity contribution in [3.63, 3.8) is 0 Å². The highest BCUT2D eigenvalue weighted by Crippen LogP contribution is 2.28. The van der Waals surface area contributed by atoms with Crippen LogP contribution in [0.15, 0.2) is 4.34 Å². The van der Waals surface area contributed by atoms with Crippen molar-refractivity contribution in [2.75, 3.05) is 19.0 Å². The van der Waals surface area contributed by atoms with Crippen molar-refractivity contribution in [3.05, 3.63) is 10.6 Å². The molecule has 0 radical (unpaired) electrons. The predicted octanol–water partition coefficient (Wildman–Crippen LogP) is 2.57. The van der Waals surface area contributed by atoms with Crippen LogP contribution in [-0.4, -0.2) is 41.3 Å². The number of hydrogen-bond donors (Lipinski definition) is 1. The Morgan fingerprint density at radius 1 is 1.42 bits per heavy atom. The van der Waals surface area contributed by atoms with Crippen LogP contribution in [0.2, 0.25) is 0 Å². The molecular weight excluding hydrogens is 286 g/mol. The molecule has 0 aliphatic carbocycles. The van der Waals surface area contributed by atoms with Gasteiger partial charge in [-0.2, -0.15) is 0 Å². The summed E-state index contributed by atoms with van der Waals surface area (Å²) in [7, 11) is 0. The van der Waals surface area contributed by atoms with Gasteiger partial charge in [-0.1, -0.05) is 11.8 Å². The largest absolute Gasteiger partial charge is 0.481 e. The summed E-state index contributed by atoms with van der Waals surface area (Å²) < 4.78 is 11.8. The van der Waals surface area contributed by atoms with Gasteiger partial charge in [0.15, 0.2) is 10.6 Å². The van der Waals surface area contributed by atoms with E-state index in [1.54, 1.807) is 0 Å². The van der Waals surface area contributed by atoms with E-state index in [-0.39, 0.29) is 12.7 Å². The average Bonchev–Trinajstić information content (AvgIpc) is 2.67. The number of ether oxygens (including phenoxy) is 2. The number of aryl methyl sites for hydroxylation is 1. The summed E-state index contributed by atoms with van der Waals surface area (Å²) in [4.78, 5) is 15.9. The summed E-state index contributed by atoms with van der Waals surface area (Å²) in [6.45, 7) is 6.89. The number of carboxylic acid groups (broad SMARTS) is 1. The minimum absolute atomic E-state index is 0.0322. The maximum absolute atomic E-state index is 10.7. The van der Waals surface area contributed by atoms with Crippen LogP contribution < -0.4 is 0 Å². The van der Waals surface area contributed by atoms with Gasteiger partial charge in [0.05, 0.1) is 17.9 Å². The lowest BCUT2D eigenvalue weighted by atomic mass is 10.3. The van der Waals surface area contributed by atoms with E-state index < -0.39 is 5.97 Å². The van der Waals surface area contributed by atoms with Crippen LogP contribution in [0.3, 0.4) is 0 Å². The molecule has 5 nitrogen and oxygen atoms in total. The van der Waals surface area contributed by atoms with Crippen LogP contribution in [-0.2, 0) is 20.7 Å². The van der Waals surface area contributed by atoms with Gasteiger partial charge in [-0.05, 0) is 20.8 Å². The van der Waals surface area contributed by atoms with Gasteiger partial charge in [-0.3, -0.25) is 4.79 Å². The van der Waals surface area contributed by atoms with E-state index in [2.05, 4.69) is 4.98 Å². The quantitative estimate of drug-likeness (QED) is 0.558. The molecule has 1 rings (SSSR count). The first-order chi connectivity index (χ1) is 9.06. The molecule has 0 unspecified atom stereocenters. The maximum atomic E-state index is 10.7. The van der Waals surface area contributed by atoms with Gasteiger partial charge in [0.1, 0.15) is 0 Å². The normalized spacial score (nSPS) is 11.2. The SMILES string of the molecule is CCOC(CSc1nc(C)c(CC(=O)O)s1)OCC. The highest BCUT2D eigenvalue weighted by molar-refractivity contribution is 8.01. The molecule has 7 heteroatoms. The zero-order chi connectivity index (χ0) is 14.3. The summed E-state index contributed by atoms with van der Waals surface area (Å²) in [5.74, 6) is -0.175. The van der Waals surface area contributed by atoms with Crippen LogP contribution in [0.1, 0.15) is 24.4 Å². The van der Waals surface area contributed by atoms with Crippen LogP contribution in [0, 0.1) is 6.92 Å². The van der Waals surface area contributed by atoms with Crippen LogP contribution in [0.4, 0.5) is 0 Å². The molecule has 108 valence electrons. The average molecular weight is 305 g/mol. The number of rotatable bonds is 9. The number of aliphatic carboxylic acids is 1. The Morgan fingerprint density at radius 2 is 2.05 bits per heavy atom. The van der Waals surface area contributed by atoms with Crippen molar-refractivity contribution in [3.8, 4) is 0 Å². The molecule has 0 aromatic carbocycles. The summed E-state index contributed by atoms with van der Waals surface area (Å²) in [6, 6.07) is 0. The zero-order valence-electron chi connectivity index (χ0n) is 11.3. The number of thioether (sulfide) groups is 1. The molecule has 0 fully saturated rings. The molecule has 0 atom stereocenters. The van der Waals surface area contributed by atoms with Crippen molar-refractivity contribution in [2.45, 2.75) is 37.8 Å². The summed E-state index contributed by atoms with van der Waals surface area (Å²) in [5, 5.41) is 8.79. The molecule has 0 aliphatic heterocycles. The molecule has 0 amide bonds. The Labute approximate surface area is 121 Å². The van der Waals surface area contributed by atoms with Gasteiger partial charge in [0, 0.05) is 18.1 Å². The molecule has 0 spiro atoms. The van der Waals surface area contributed by atoms with E-state index >= 15 is 0 Å². The van der Waals surface area contributed by atoms with Gasteiger partial charge in [-0.15, -0.1) is 11.3 Å². The zero-order valence-corrected chi connectivity index (χ0v) is 13.0. The molecule has 0 saturated heterocycles. The Balaban J connectivity index is 2.54. The Kier molecular flexibility index (Phi) is 7.37. The Hall–Kier alpha value is -0.630. The molecule has 1 aromatic heterocycles. The second-order valence-corrected chi connectivity index (χ2v) is 6.06. The van der Waals surface area contributed by atoms with Gasteiger partial charge in [0.25, 0.3) is 0 Å². The van der Waals surface area contributed by atoms with Gasteiger partial charge in [0.2, 0.25) is 0 Å². The van der Waals surface area contributed by atoms with Gasteiger partial charge in [-0.25, -0.2) is 4.98 Å². The fourth-order valence-corrected chi connectivity index (χ4v) is 3.62. The smallest absolute Gasteiger partial charge is 0.308 e. The number of thiazole rings is 1. The van der Waals surface area contributed by atoms with Crippen molar-refractivity contribution in [1.82, 2.24) is 4.98 Å². The first kappa shape index (κ1) is 16.4. The van der Waals surface area contributed by atoms with E-state index in [0.29, 0.717) is 19.0 Å². The third-order valence-electron chi connectivity index (χ3n) is 2.23. The first-order valence-electron chi connectivity index (χ1n) is 6.10. The number of nitrogens with zero attached hydrogens (tertiary/aromatic N) is 1. The lowest BCUT2D eigenvalue weighted by Gasteiger charge is -2.15. The fraction of sp³-hybridized carbons (Fsp3) is 0.667. The second kappa shape index (κ2) is 8.52. The minimum atomic E-state index is -0.829. The topological polar surface area (TPSA) is 68.7 Å². The summed E-state index contributed by atoms with van der Waals surface area (Å²) in [6.07, 6.45) is -0.211. The molecule has 0 saturated carbocycles. The molecule has 0 aliphatic rings. The molecule has 0 bridgehead atoms. The van der Waals surface area contributed by atoms with E-state index in [1.165, 1.54) is 23.1 Å². The Bertz CT molecular complexity index is 402. The summed E-state index contributed by atoms with van der Waals surface area (Å²) in [5.41, 5.74) is 0.791. The third kappa shape index (κ3) is 5.90. The monoisotopic (exact) mass is 305 g/mol. The standard InChI is InChI=1S/C12H19NO4S2/c1-4-16-11(17-5-2)7-18-12-13-8(3)9(19-12)6-10(14)15/h11H,4-7H2,1-3H3,(H,14,15). The van der Waals surface area contributed by atoms with Crippen molar-refractivity contribution < 1.29 is 19.4 Å². The van der Waals surface area contributed by atoms with Crippen LogP contribution in [0.5, 0.6) is 0 Å². The van der Waals surface area contributed by atoms with Gasteiger partial charge >= 0.3 is 5.97 Å². The molecule has 1 heterocycles. The highest BCUT2D eigenvalue weighted by Gasteiger charge is 2.14. The molecule has 1 N–H and O–H groups in total. The lowest BCUT2D eigenvalue weighted by Crippen LogP contribution is -2.19. The van der Waals surface area contributed by atoms with Crippen molar-refractivity contribution >= 4 is 29.1 Å². The molecule has 19 heavy (non-hydrogen) atoms. The van der Waals surface area contributed by atoms with Gasteiger partial charge < -0.3 is 14.6 Å². The third-order valence-corrected chi connectivity index (χ3v) is 4.57. The number of aromatic nitrogens is 1. The predicted molar refractivity (Wildman–Crippen MR) is 76.0 cm³/mol. The maximum Gasteiger partial charge on any atom is 0.308 e. The van der Waals surface area contributed by atoms with E-state index in [0.717, 1.165) is 14.9 Å². The van der Waals surface area contributed by atoms with Crippen LogP contribution in [0.25, 0.3) is 0 Å². The second-order valence-electron chi connectivity index (χ2n) is 3.71. The molecular formula is C12H19NO4S2.